The fraction of sp³-hybridized carbons (Fsp3) is 0.667. The van der Waals surface area contributed by atoms with E-state index in [0.29, 0.717) is 16.2 Å². The van der Waals surface area contributed by atoms with Crippen LogP contribution < -0.4 is 10.1 Å². The summed E-state index contributed by atoms with van der Waals surface area (Å²) in [6.07, 6.45) is 8.20. The zero-order valence-corrected chi connectivity index (χ0v) is 15.9. The van der Waals surface area contributed by atoms with E-state index in [9.17, 15) is 4.79 Å². The number of carbonyl (C=O) groups excluding carboxylic acids is 1. The monoisotopic (exact) mass is 361 g/mol. The molecule has 4 fully saturated rings. The minimum Gasteiger partial charge on any atom is -0.484 e. The van der Waals surface area contributed by atoms with Gasteiger partial charge in [-0.2, -0.15) is 0 Å². The normalized spacial score (nSPS) is 34.0. The molecule has 1 aromatic carbocycles. The van der Waals surface area contributed by atoms with E-state index < -0.39 is 0 Å². The predicted octanol–water partition coefficient (Wildman–Crippen LogP) is 4.75. The number of halogens is 1. The molecule has 4 aliphatic rings. The van der Waals surface area contributed by atoms with E-state index >= 15 is 0 Å². The molecule has 1 atom stereocenters. The number of ether oxygens (including phenoxy) is 1. The number of amides is 1. The molecule has 4 heteroatoms. The van der Waals surface area contributed by atoms with Crippen LogP contribution in [0.3, 0.4) is 0 Å². The first-order chi connectivity index (χ1) is 11.9. The molecule has 0 aliphatic heterocycles. The fourth-order valence-corrected chi connectivity index (χ4v) is 6.12. The Bertz CT molecular complexity index is 637. The van der Waals surface area contributed by atoms with Crippen molar-refractivity contribution in [3.63, 3.8) is 0 Å². The molecule has 0 heterocycles. The van der Waals surface area contributed by atoms with Gasteiger partial charge in [0, 0.05) is 11.1 Å². The van der Waals surface area contributed by atoms with Crippen LogP contribution in [0.15, 0.2) is 18.2 Å². The molecular weight excluding hydrogens is 334 g/mol. The molecular formula is C21H28ClNO2. The lowest BCUT2D eigenvalue weighted by Crippen LogP contribution is -2.56. The van der Waals surface area contributed by atoms with Gasteiger partial charge in [-0.25, -0.2) is 0 Å². The Morgan fingerprint density at radius 1 is 1.24 bits per heavy atom. The van der Waals surface area contributed by atoms with Crippen molar-refractivity contribution >= 4 is 17.5 Å². The van der Waals surface area contributed by atoms with Gasteiger partial charge in [-0.15, -0.1) is 0 Å². The van der Waals surface area contributed by atoms with Crippen LogP contribution in [-0.4, -0.2) is 18.6 Å². The van der Waals surface area contributed by atoms with E-state index in [2.05, 4.69) is 12.2 Å². The summed E-state index contributed by atoms with van der Waals surface area (Å²) in [7, 11) is 0. The summed E-state index contributed by atoms with van der Waals surface area (Å²) in [5.41, 5.74) is 1.29. The second-order valence-corrected chi connectivity index (χ2v) is 9.18. The van der Waals surface area contributed by atoms with Crippen LogP contribution in [0.4, 0.5) is 0 Å². The number of aryl methyl sites for hydroxylation is 1. The molecule has 1 aromatic rings. The van der Waals surface area contributed by atoms with Crippen LogP contribution in [0.1, 0.15) is 51.0 Å². The Kier molecular flexibility index (Phi) is 4.47. The van der Waals surface area contributed by atoms with Crippen molar-refractivity contribution in [1.29, 1.82) is 0 Å². The number of hydrogen-bond acceptors (Lipinski definition) is 2. The molecule has 136 valence electrons. The molecule has 3 nitrogen and oxygen atoms in total. The smallest absolute Gasteiger partial charge is 0.258 e. The van der Waals surface area contributed by atoms with Crippen LogP contribution >= 0.6 is 11.6 Å². The molecule has 5 rings (SSSR count). The van der Waals surface area contributed by atoms with Gasteiger partial charge in [0.15, 0.2) is 6.61 Å². The molecule has 0 radical (unpaired) electrons. The highest BCUT2D eigenvalue weighted by atomic mass is 35.5. The Labute approximate surface area is 155 Å². The molecule has 4 saturated carbocycles. The second-order valence-electron chi connectivity index (χ2n) is 8.77. The van der Waals surface area contributed by atoms with Crippen LogP contribution in [0, 0.1) is 30.1 Å². The summed E-state index contributed by atoms with van der Waals surface area (Å²) >= 11 is 6.03. The van der Waals surface area contributed by atoms with Gasteiger partial charge in [0.05, 0.1) is 0 Å². The topological polar surface area (TPSA) is 38.3 Å². The molecule has 1 N–H and O–H groups in total. The highest BCUT2D eigenvalue weighted by Gasteiger charge is 2.53. The Balaban J connectivity index is 1.34. The zero-order chi connectivity index (χ0) is 17.6. The van der Waals surface area contributed by atoms with Gasteiger partial charge in [0.2, 0.25) is 0 Å². The van der Waals surface area contributed by atoms with E-state index in [-0.39, 0.29) is 18.6 Å². The van der Waals surface area contributed by atoms with Gasteiger partial charge >= 0.3 is 0 Å². The summed E-state index contributed by atoms with van der Waals surface area (Å²) in [5, 5.41) is 3.96. The SMILES string of the molecule is Cc1cc(OCC(=O)N[C@@H](C)C23CC4CC(CC(C4)C2)C3)ccc1Cl. The van der Waals surface area contributed by atoms with Crippen molar-refractivity contribution in [2.24, 2.45) is 23.2 Å². The van der Waals surface area contributed by atoms with Crippen molar-refractivity contribution in [3.05, 3.63) is 28.8 Å². The quantitative estimate of drug-likeness (QED) is 0.821. The average Bonchev–Trinajstić information content (AvgIpc) is 2.54. The summed E-state index contributed by atoms with van der Waals surface area (Å²) in [6, 6.07) is 5.73. The Morgan fingerprint density at radius 2 is 1.84 bits per heavy atom. The Morgan fingerprint density at radius 3 is 2.40 bits per heavy atom. The molecule has 0 saturated heterocycles. The maximum absolute atomic E-state index is 12.4. The number of carbonyl (C=O) groups is 1. The highest BCUT2D eigenvalue weighted by molar-refractivity contribution is 6.31. The number of rotatable bonds is 5. The van der Waals surface area contributed by atoms with E-state index in [4.69, 9.17) is 16.3 Å². The lowest BCUT2D eigenvalue weighted by Gasteiger charge is -2.59. The summed E-state index contributed by atoms with van der Waals surface area (Å²) < 4.78 is 5.65. The third kappa shape index (κ3) is 3.40. The minimum atomic E-state index is -0.0177. The number of nitrogens with one attached hydrogen (secondary N) is 1. The van der Waals surface area contributed by atoms with Crippen molar-refractivity contribution in [2.75, 3.05) is 6.61 Å². The second kappa shape index (κ2) is 6.50. The zero-order valence-electron chi connectivity index (χ0n) is 15.2. The van der Waals surface area contributed by atoms with Gasteiger partial charge in [-0.3, -0.25) is 4.79 Å². The first-order valence-corrected chi connectivity index (χ1v) is 10.00. The van der Waals surface area contributed by atoms with E-state index in [1.54, 1.807) is 0 Å². The third-order valence-corrected chi connectivity index (χ3v) is 7.31. The lowest BCUT2D eigenvalue weighted by molar-refractivity contribution is -0.127. The molecule has 4 aliphatic carbocycles. The van der Waals surface area contributed by atoms with Gasteiger partial charge in [-0.1, -0.05) is 11.6 Å². The molecule has 0 aromatic heterocycles. The first kappa shape index (κ1) is 17.2. The van der Waals surface area contributed by atoms with Crippen molar-refractivity contribution < 1.29 is 9.53 Å². The molecule has 0 unspecified atom stereocenters. The Hall–Kier alpha value is -1.22. The van der Waals surface area contributed by atoms with Crippen molar-refractivity contribution in [2.45, 2.75) is 58.4 Å². The minimum absolute atomic E-state index is 0.0177. The van der Waals surface area contributed by atoms with Gasteiger partial charge in [0.25, 0.3) is 5.91 Å². The maximum Gasteiger partial charge on any atom is 0.258 e. The average molecular weight is 362 g/mol. The van der Waals surface area contributed by atoms with E-state index in [1.165, 1.54) is 38.5 Å². The largest absolute Gasteiger partial charge is 0.484 e. The maximum atomic E-state index is 12.4. The summed E-state index contributed by atoms with van der Waals surface area (Å²) in [4.78, 5) is 12.4. The highest BCUT2D eigenvalue weighted by Crippen LogP contribution is 2.61. The predicted molar refractivity (Wildman–Crippen MR) is 99.9 cm³/mol. The van der Waals surface area contributed by atoms with Crippen molar-refractivity contribution in [1.82, 2.24) is 5.32 Å². The molecule has 4 bridgehead atoms. The molecule has 0 spiro atoms. The van der Waals surface area contributed by atoms with Gasteiger partial charge in [-0.05, 0) is 99.3 Å². The van der Waals surface area contributed by atoms with Gasteiger partial charge < -0.3 is 10.1 Å². The third-order valence-electron chi connectivity index (χ3n) is 6.88. The molecule has 25 heavy (non-hydrogen) atoms. The fourth-order valence-electron chi connectivity index (χ4n) is 6.00. The standard InChI is InChI=1S/C21H28ClNO2/c1-13-5-18(3-4-19(13)22)25-12-20(24)23-14(2)21-9-15-6-16(10-21)8-17(7-15)11-21/h3-5,14-17H,6-12H2,1-2H3,(H,23,24)/t14-,15?,16?,17?,21?/m0/s1. The summed E-state index contributed by atoms with van der Waals surface area (Å²) in [6.45, 7) is 4.21. The number of hydrogen-bond donors (Lipinski definition) is 1. The van der Waals surface area contributed by atoms with Crippen LogP contribution in [0.5, 0.6) is 5.75 Å². The van der Waals surface area contributed by atoms with Crippen LogP contribution in [0.2, 0.25) is 5.02 Å². The molecule has 1 amide bonds. The first-order valence-electron chi connectivity index (χ1n) is 9.62. The lowest BCUT2D eigenvalue weighted by atomic mass is 9.48. The van der Waals surface area contributed by atoms with E-state index in [0.717, 1.165) is 23.3 Å². The summed E-state index contributed by atoms with van der Waals surface area (Å²) in [5.74, 6) is 3.38. The van der Waals surface area contributed by atoms with Gasteiger partial charge in [0.1, 0.15) is 5.75 Å². The van der Waals surface area contributed by atoms with E-state index in [1.807, 2.05) is 25.1 Å². The van der Waals surface area contributed by atoms with Crippen molar-refractivity contribution in [3.8, 4) is 5.75 Å². The number of benzene rings is 1. The van der Waals surface area contributed by atoms with Crippen LogP contribution in [0.25, 0.3) is 0 Å². The van der Waals surface area contributed by atoms with Crippen LogP contribution in [-0.2, 0) is 4.79 Å².